The number of pyridine rings is 1. The third kappa shape index (κ3) is 5.65. The molecule has 47 heavy (non-hydrogen) atoms. The molecular formula is C32H34F3N7O4S. The molecule has 15 heteroatoms. The van der Waals surface area contributed by atoms with Crippen LogP contribution in [0.4, 0.5) is 13.2 Å². The van der Waals surface area contributed by atoms with E-state index in [1.54, 1.807) is 22.6 Å². The van der Waals surface area contributed by atoms with E-state index in [0.29, 0.717) is 35.8 Å². The van der Waals surface area contributed by atoms with E-state index in [4.69, 9.17) is 4.74 Å². The van der Waals surface area contributed by atoms with Crippen LogP contribution in [-0.2, 0) is 27.0 Å². The predicted octanol–water partition coefficient (Wildman–Crippen LogP) is 5.28. The first-order valence-electron chi connectivity index (χ1n) is 15.4. The van der Waals surface area contributed by atoms with Crippen molar-refractivity contribution in [2.24, 2.45) is 0 Å². The highest BCUT2D eigenvalue weighted by Crippen LogP contribution is 2.40. The summed E-state index contributed by atoms with van der Waals surface area (Å²) in [5.41, 5.74) is 2.21. The largest absolute Gasteiger partial charge is 0.480 e. The molecule has 2 N–H and O–H groups in total. The van der Waals surface area contributed by atoms with Gasteiger partial charge in [-0.25, -0.2) is 19.3 Å². The Labute approximate surface area is 268 Å². The van der Waals surface area contributed by atoms with Gasteiger partial charge in [-0.15, -0.1) is 9.53 Å². The van der Waals surface area contributed by atoms with Crippen LogP contribution in [0.25, 0.3) is 33.2 Å². The lowest BCUT2D eigenvalue weighted by atomic mass is 10.1. The highest BCUT2D eigenvalue weighted by molar-refractivity contribution is 8.13. The molecule has 1 atom stereocenters. The molecule has 0 unspecified atom stereocenters. The molecule has 5 aromatic rings. The summed E-state index contributed by atoms with van der Waals surface area (Å²) in [7, 11) is -2.69. The first-order valence-corrected chi connectivity index (χ1v) is 17.6. The van der Waals surface area contributed by atoms with Gasteiger partial charge in [0.15, 0.2) is 0 Å². The fourth-order valence-corrected chi connectivity index (χ4v) is 10.0. The summed E-state index contributed by atoms with van der Waals surface area (Å²) < 4.78 is 76.1. The number of aromatic amines is 1. The van der Waals surface area contributed by atoms with Crippen molar-refractivity contribution in [3.8, 4) is 17.1 Å². The van der Waals surface area contributed by atoms with Crippen molar-refractivity contribution in [2.45, 2.75) is 38.0 Å². The van der Waals surface area contributed by atoms with Crippen molar-refractivity contribution >= 4 is 37.4 Å². The van der Waals surface area contributed by atoms with Gasteiger partial charge in [-0.05, 0) is 37.1 Å². The normalized spacial score (nSPS) is 21.0. The van der Waals surface area contributed by atoms with Gasteiger partial charge >= 0.3 is 6.18 Å². The number of hydrogen-bond acceptors (Lipinski definition) is 6. The molecule has 2 aromatic carbocycles. The van der Waals surface area contributed by atoms with Crippen molar-refractivity contribution in [2.75, 3.05) is 38.2 Å². The zero-order valence-electron chi connectivity index (χ0n) is 25.6. The summed E-state index contributed by atoms with van der Waals surface area (Å²) in [6, 6.07) is 14.7. The van der Waals surface area contributed by atoms with E-state index in [1.807, 2.05) is 30.3 Å². The van der Waals surface area contributed by atoms with Crippen molar-refractivity contribution < 1.29 is 31.5 Å². The van der Waals surface area contributed by atoms with E-state index in [1.165, 1.54) is 24.1 Å². The van der Waals surface area contributed by atoms with Gasteiger partial charge in [-0.2, -0.15) is 17.4 Å². The smallest absolute Gasteiger partial charge is 0.449 e. The summed E-state index contributed by atoms with van der Waals surface area (Å²) in [4.78, 5) is 31.7. The Morgan fingerprint density at radius 3 is 2.51 bits per heavy atom. The van der Waals surface area contributed by atoms with Gasteiger partial charge in [0.1, 0.15) is 18.4 Å². The monoisotopic (exact) mass is 669 g/mol. The number of carbonyl (C=O) groups is 1. The Bertz CT molecular complexity index is 2050. The van der Waals surface area contributed by atoms with Crippen LogP contribution >= 0.6 is 0 Å². The number of amides is 1. The number of methoxy groups -OCH3 is 1. The van der Waals surface area contributed by atoms with Gasteiger partial charge in [0.05, 0.1) is 41.1 Å². The second-order valence-electron chi connectivity index (χ2n) is 12.1. The highest BCUT2D eigenvalue weighted by atomic mass is 32.3. The van der Waals surface area contributed by atoms with Crippen molar-refractivity contribution in [1.82, 2.24) is 33.7 Å². The predicted molar refractivity (Wildman–Crippen MR) is 171 cm³/mol. The number of carbonyl (C=O) groups excluding carboxylic acids is 1. The Hall–Kier alpha value is -4.34. The van der Waals surface area contributed by atoms with Gasteiger partial charge in [0.25, 0.3) is 0 Å². The van der Waals surface area contributed by atoms with Crippen LogP contribution < -0.4 is 4.74 Å². The molecule has 0 radical (unpaired) electrons. The first kappa shape index (κ1) is 31.3. The van der Waals surface area contributed by atoms with Gasteiger partial charge in [0, 0.05) is 36.5 Å². The lowest BCUT2D eigenvalue weighted by molar-refractivity contribution is -0.148. The molecule has 1 amide bonds. The van der Waals surface area contributed by atoms with Crippen molar-refractivity contribution in [3.05, 3.63) is 72.4 Å². The van der Waals surface area contributed by atoms with Crippen molar-refractivity contribution in [1.29, 1.82) is 0 Å². The summed E-state index contributed by atoms with van der Waals surface area (Å²) >= 11 is 0. The molecule has 2 fully saturated rings. The average Bonchev–Trinajstić information content (AvgIpc) is 3.70. The van der Waals surface area contributed by atoms with E-state index in [2.05, 4.69) is 19.9 Å². The van der Waals surface area contributed by atoms with Gasteiger partial charge in [0.2, 0.25) is 17.6 Å². The first-order chi connectivity index (χ1) is 22.4. The quantitative estimate of drug-likeness (QED) is 0.252. The van der Waals surface area contributed by atoms with Crippen LogP contribution in [0.1, 0.15) is 37.0 Å². The Morgan fingerprint density at radius 1 is 1.04 bits per heavy atom. The second-order valence-corrected chi connectivity index (χ2v) is 15.8. The van der Waals surface area contributed by atoms with Crippen LogP contribution in [0.2, 0.25) is 0 Å². The fraction of sp³-hybridized carbons (Fsp3) is 0.375. The summed E-state index contributed by atoms with van der Waals surface area (Å²) in [5.74, 6) is -0.816. The third-order valence-electron chi connectivity index (χ3n) is 9.14. The number of halogens is 3. The van der Waals surface area contributed by atoms with E-state index in [-0.39, 0.29) is 42.2 Å². The van der Waals surface area contributed by atoms with E-state index in [0.717, 1.165) is 21.9 Å². The molecule has 0 aliphatic carbocycles. The maximum absolute atomic E-state index is 14.2. The number of nitrogens with one attached hydrogen (secondary N) is 1. The molecule has 0 bridgehead atoms. The molecule has 3 aromatic heterocycles. The number of aromatic nitrogens is 5. The number of imidazole rings is 2. The minimum Gasteiger partial charge on any atom is -0.480 e. The number of benzene rings is 2. The number of nitrogens with zero attached hydrogens (tertiary/aromatic N) is 6. The van der Waals surface area contributed by atoms with Gasteiger partial charge in [-0.1, -0.05) is 36.8 Å². The van der Waals surface area contributed by atoms with Crippen LogP contribution in [0.5, 0.6) is 5.88 Å². The standard InChI is InChI=1S/C32H34F3N7O4S/c1-46-30-22(17-21-9-3-4-10-23(21)38-30)25-18-36-29(37-25)27-19-40(47(44,45)15-7-2-8-16-47)13-14-41(27)28(43)20-42-26-12-6-5-11-24(26)39-31(42)32(33,34)35/h3-6,9-12,17-18,27H,2,7-8,13-16,19-20H2,1H3,(H,36,37)(H,44,45)/t27-/m0/s1. The molecule has 2 aliphatic rings. The van der Waals surface area contributed by atoms with Gasteiger partial charge in [-0.3, -0.25) is 9.35 Å². The summed E-state index contributed by atoms with van der Waals surface area (Å²) in [6.45, 7) is -0.537. The van der Waals surface area contributed by atoms with E-state index >= 15 is 0 Å². The number of fused-ring (bicyclic) bond motifs is 2. The Kier molecular flexibility index (Phi) is 7.60. The fourth-order valence-electron chi connectivity index (χ4n) is 6.76. The van der Waals surface area contributed by atoms with E-state index < -0.39 is 40.0 Å². The molecule has 7 rings (SSSR count). The number of hydrogen-bond donors (Lipinski definition) is 2. The Morgan fingerprint density at radius 2 is 1.77 bits per heavy atom. The molecule has 5 heterocycles. The second kappa shape index (κ2) is 11.4. The topological polar surface area (TPSA) is 129 Å². The molecule has 2 aliphatic heterocycles. The minimum atomic E-state index is -4.79. The number of ether oxygens (including phenoxy) is 1. The molecule has 0 saturated carbocycles. The number of para-hydroxylation sites is 3. The number of piperazine rings is 1. The number of alkyl halides is 3. The van der Waals surface area contributed by atoms with Gasteiger partial charge < -0.3 is 19.2 Å². The van der Waals surface area contributed by atoms with Crippen LogP contribution in [0.15, 0.2) is 60.8 Å². The lowest BCUT2D eigenvalue weighted by Crippen LogP contribution is -2.63. The summed E-state index contributed by atoms with van der Waals surface area (Å²) in [6.07, 6.45) is -1.13. The number of rotatable bonds is 6. The SMILES string of the molecule is COc1nc2ccccc2cc1-c1cnc([C@@H]2CN(S3(=O)(O)CCCCC3)CCN2C(=O)Cn2c(C(F)(F)F)nc3ccccc32)[nH]1. The lowest BCUT2D eigenvalue weighted by Gasteiger charge is -2.57. The maximum atomic E-state index is 14.2. The minimum absolute atomic E-state index is 0.0173. The molecule has 0 spiro atoms. The summed E-state index contributed by atoms with van der Waals surface area (Å²) in [5, 5.41) is 0.866. The third-order valence-corrected chi connectivity index (χ3v) is 12.9. The zero-order valence-corrected chi connectivity index (χ0v) is 26.4. The van der Waals surface area contributed by atoms with Crippen molar-refractivity contribution in [3.63, 3.8) is 0 Å². The molecule has 2 saturated heterocycles. The van der Waals surface area contributed by atoms with E-state index in [9.17, 15) is 26.7 Å². The van der Waals surface area contributed by atoms with Crippen LogP contribution in [0.3, 0.4) is 0 Å². The molecule has 11 nitrogen and oxygen atoms in total. The number of H-pyrrole nitrogens is 1. The average molecular weight is 670 g/mol. The zero-order chi connectivity index (χ0) is 33.0. The molecular weight excluding hydrogens is 635 g/mol. The highest BCUT2D eigenvalue weighted by Gasteiger charge is 2.44. The molecule has 248 valence electrons. The van der Waals surface area contributed by atoms with Crippen LogP contribution in [0, 0.1) is 0 Å². The van der Waals surface area contributed by atoms with Crippen LogP contribution in [-0.4, -0.2) is 86.6 Å². The maximum Gasteiger partial charge on any atom is 0.449 e. The Balaban J connectivity index is 1.27.